The molecule has 2 heterocycles. The van der Waals surface area contributed by atoms with Gasteiger partial charge in [0.05, 0.1) is 13.2 Å². The maximum Gasteiger partial charge on any atom is 0.122 e. The number of fused-ring (bicyclic) bond motifs is 1. The van der Waals surface area contributed by atoms with Gasteiger partial charge in [-0.3, -0.25) is 0 Å². The van der Waals surface area contributed by atoms with Gasteiger partial charge in [-0.05, 0) is 18.5 Å². The van der Waals surface area contributed by atoms with Crippen LogP contribution in [0, 0.1) is 0 Å². The third kappa shape index (κ3) is 1.56. The van der Waals surface area contributed by atoms with Gasteiger partial charge in [0.25, 0.3) is 0 Å². The molecule has 2 saturated heterocycles. The molecule has 16 heavy (non-hydrogen) atoms. The number of hydrogen-bond acceptors (Lipinski definition) is 3. The van der Waals surface area contributed by atoms with Crippen LogP contribution in [0.5, 0.6) is 0 Å². The third-order valence-electron chi connectivity index (χ3n) is 3.55. The number of benzene rings is 1. The highest BCUT2D eigenvalue weighted by atomic mass is 16.6. The van der Waals surface area contributed by atoms with E-state index >= 15 is 0 Å². The second-order valence-corrected chi connectivity index (χ2v) is 4.42. The van der Waals surface area contributed by atoms with E-state index in [0.717, 1.165) is 19.5 Å². The Morgan fingerprint density at radius 1 is 1.19 bits per heavy atom. The monoisotopic (exact) mass is 219 g/mol. The van der Waals surface area contributed by atoms with Gasteiger partial charge < -0.3 is 14.8 Å². The van der Waals surface area contributed by atoms with Crippen LogP contribution in [0.4, 0.5) is 0 Å². The standard InChI is InChI=1S/C13H17NO2/c1-2-4-11(5-3-1)13-6-7-14-10-12(13)15-8-9-16-13/h1-5,12,14H,6-10H2/t12-,13-/m1/s1. The van der Waals surface area contributed by atoms with Crippen molar-refractivity contribution in [2.45, 2.75) is 18.1 Å². The zero-order valence-corrected chi connectivity index (χ0v) is 9.32. The molecule has 2 aliphatic rings. The number of nitrogens with one attached hydrogen (secondary N) is 1. The zero-order valence-electron chi connectivity index (χ0n) is 9.32. The Morgan fingerprint density at radius 3 is 2.94 bits per heavy atom. The molecule has 1 aromatic carbocycles. The SMILES string of the molecule is c1ccc([C@]23CCNC[C@H]2OCCO3)cc1. The van der Waals surface area contributed by atoms with E-state index in [9.17, 15) is 0 Å². The van der Waals surface area contributed by atoms with Crippen LogP contribution in [-0.4, -0.2) is 32.4 Å². The molecule has 1 aromatic rings. The fraction of sp³-hybridized carbons (Fsp3) is 0.538. The van der Waals surface area contributed by atoms with Gasteiger partial charge in [0.1, 0.15) is 11.7 Å². The Bertz CT molecular complexity index is 340. The van der Waals surface area contributed by atoms with E-state index in [1.54, 1.807) is 0 Å². The van der Waals surface area contributed by atoms with Crippen LogP contribution >= 0.6 is 0 Å². The van der Waals surface area contributed by atoms with Gasteiger partial charge in [0, 0.05) is 6.54 Å². The van der Waals surface area contributed by atoms with Gasteiger partial charge in [-0.2, -0.15) is 0 Å². The summed E-state index contributed by atoms with van der Waals surface area (Å²) in [6.07, 6.45) is 1.14. The molecule has 0 amide bonds. The van der Waals surface area contributed by atoms with Crippen molar-refractivity contribution in [3.63, 3.8) is 0 Å². The second-order valence-electron chi connectivity index (χ2n) is 4.42. The third-order valence-corrected chi connectivity index (χ3v) is 3.55. The summed E-state index contributed by atoms with van der Waals surface area (Å²) in [5.41, 5.74) is 1.03. The maximum absolute atomic E-state index is 6.09. The van der Waals surface area contributed by atoms with Crippen LogP contribution in [0.25, 0.3) is 0 Å². The summed E-state index contributed by atoms with van der Waals surface area (Å²) < 4.78 is 11.9. The van der Waals surface area contributed by atoms with Crippen molar-refractivity contribution >= 4 is 0 Å². The second kappa shape index (κ2) is 4.17. The zero-order chi connectivity index (χ0) is 10.8. The predicted molar refractivity (Wildman–Crippen MR) is 61.3 cm³/mol. The van der Waals surface area contributed by atoms with E-state index in [2.05, 4.69) is 29.6 Å². The van der Waals surface area contributed by atoms with Crippen molar-refractivity contribution in [3.8, 4) is 0 Å². The first-order valence-corrected chi connectivity index (χ1v) is 5.94. The molecule has 0 bridgehead atoms. The van der Waals surface area contributed by atoms with E-state index in [1.807, 2.05) is 6.07 Å². The molecule has 3 rings (SSSR count). The summed E-state index contributed by atoms with van der Waals surface area (Å²) in [5.74, 6) is 0. The highest BCUT2D eigenvalue weighted by Gasteiger charge is 2.46. The summed E-state index contributed by atoms with van der Waals surface area (Å²) >= 11 is 0. The Labute approximate surface area is 95.8 Å². The van der Waals surface area contributed by atoms with Crippen molar-refractivity contribution in [3.05, 3.63) is 35.9 Å². The molecule has 2 atom stereocenters. The van der Waals surface area contributed by atoms with Gasteiger partial charge in [-0.1, -0.05) is 30.3 Å². The molecule has 2 aliphatic heterocycles. The number of ether oxygens (including phenoxy) is 2. The minimum Gasteiger partial charge on any atom is -0.371 e. The van der Waals surface area contributed by atoms with Gasteiger partial charge >= 0.3 is 0 Å². The molecule has 86 valence electrons. The average molecular weight is 219 g/mol. The van der Waals surface area contributed by atoms with Gasteiger partial charge in [-0.15, -0.1) is 0 Å². The van der Waals surface area contributed by atoms with Gasteiger partial charge in [-0.25, -0.2) is 0 Å². The molecular weight excluding hydrogens is 202 g/mol. The highest BCUT2D eigenvalue weighted by Crippen LogP contribution is 2.38. The minimum absolute atomic E-state index is 0.150. The first kappa shape index (κ1) is 10.3. The summed E-state index contributed by atoms with van der Waals surface area (Å²) in [6, 6.07) is 10.5. The lowest BCUT2D eigenvalue weighted by atomic mass is 9.82. The van der Waals surface area contributed by atoms with Crippen LogP contribution in [0.15, 0.2) is 30.3 Å². The highest BCUT2D eigenvalue weighted by molar-refractivity contribution is 5.26. The Kier molecular flexibility index (Phi) is 2.67. The summed E-state index contributed by atoms with van der Waals surface area (Å²) in [7, 11) is 0. The number of piperidine rings is 1. The average Bonchev–Trinajstić information content (AvgIpc) is 2.40. The van der Waals surface area contributed by atoms with Crippen molar-refractivity contribution in [1.82, 2.24) is 5.32 Å². The molecule has 3 heteroatoms. The maximum atomic E-state index is 6.09. The quantitative estimate of drug-likeness (QED) is 0.772. The molecular formula is C13H17NO2. The summed E-state index contributed by atoms with van der Waals surface area (Å²) in [4.78, 5) is 0. The minimum atomic E-state index is -0.218. The smallest absolute Gasteiger partial charge is 0.122 e. The molecule has 2 fully saturated rings. The fourth-order valence-corrected chi connectivity index (χ4v) is 2.74. The first-order chi connectivity index (χ1) is 7.92. The summed E-state index contributed by atoms with van der Waals surface area (Å²) in [5, 5.41) is 3.37. The molecule has 0 unspecified atom stereocenters. The van der Waals surface area contributed by atoms with Gasteiger partial charge in [0.15, 0.2) is 0 Å². The normalized spacial score (nSPS) is 34.4. The Morgan fingerprint density at radius 2 is 2.06 bits per heavy atom. The fourth-order valence-electron chi connectivity index (χ4n) is 2.74. The summed E-state index contributed by atoms with van der Waals surface area (Å²) in [6.45, 7) is 3.29. The van der Waals surface area contributed by atoms with E-state index in [-0.39, 0.29) is 11.7 Å². The van der Waals surface area contributed by atoms with Crippen LogP contribution in [0.1, 0.15) is 12.0 Å². The molecule has 0 spiro atoms. The van der Waals surface area contributed by atoms with Crippen molar-refractivity contribution in [2.75, 3.05) is 26.3 Å². The van der Waals surface area contributed by atoms with Crippen molar-refractivity contribution in [2.24, 2.45) is 0 Å². The predicted octanol–water partition coefficient (Wildman–Crippen LogP) is 1.29. The van der Waals surface area contributed by atoms with Crippen molar-refractivity contribution in [1.29, 1.82) is 0 Å². The molecule has 0 aliphatic carbocycles. The first-order valence-electron chi connectivity index (χ1n) is 5.94. The molecule has 0 radical (unpaired) electrons. The lowest BCUT2D eigenvalue weighted by Crippen LogP contribution is -2.57. The van der Waals surface area contributed by atoms with E-state index in [0.29, 0.717) is 13.2 Å². The van der Waals surface area contributed by atoms with Crippen LogP contribution < -0.4 is 5.32 Å². The van der Waals surface area contributed by atoms with Gasteiger partial charge in [0.2, 0.25) is 0 Å². The molecule has 3 nitrogen and oxygen atoms in total. The van der Waals surface area contributed by atoms with Crippen LogP contribution in [0.3, 0.4) is 0 Å². The van der Waals surface area contributed by atoms with Crippen molar-refractivity contribution < 1.29 is 9.47 Å². The molecule has 0 aromatic heterocycles. The van der Waals surface area contributed by atoms with E-state index in [1.165, 1.54) is 5.56 Å². The topological polar surface area (TPSA) is 30.5 Å². The lowest BCUT2D eigenvalue weighted by molar-refractivity contribution is -0.219. The van der Waals surface area contributed by atoms with Crippen LogP contribution in [-0.2, 0) is 15.1 Å². The Hall–Kier alpha value is -0.900. The lowest BCUT2D eigenvalue weighted by Gasteiger charge is -2.47. The number of rotatable bonds is 1. The number of hydrogen-bond donors (Lipinski definition) is 1. The molecule has 0 saturated carbocycles. The van der Waals surface area contributed by atoms with Crippen LogP contribution in [0.2, 0.25) is 0 Å². The Balaban J connectivity index is 1.98. The molecule has 1 N–H and O–H groups in total. The van der Waals surface area contributed by atoms with E-state index < -0.39 is 0 Å². The van der Waals surface area contributed by atoms with E-state index in [4.69, 9.17) is 9.47 Å². The largest absolute Gasteiger partial charge is 0.371 e.